The van der Waals surface area contributed by atoms with E-state index in [4.69, 9.17) is 0 Å². The summed E-state index contributed by atoms with van der Waals surface area (Å²) >= 11 is 3.51. The van der Waals surface area contributed by atoms with E-state index in [1.807, 2.05) is 19.1 Å². The van der Waals surface area contributed by atoms with E-state index in [1.54, 1.807) is 0 Å². The summed E-state index contributed by atoms with van der Waals surface area (Å²) in [6, 6.07) is 4.49. The Morgan fingerprint density at radius 2 is 2.00 bits per heavy atom. The molecule has 21 heavy (non-hydrogen) atoms. The van der Waals surface area contributed by atoms with Crippen LogP contribution in [0.1, 0.15) is 43.7 Å². The zero-order chi connectivity index (χ0) is 15.4. The Labute approximate surface area is 134 Å². The number of aliphatic hydroxyl groups is 1. The zero-order valence-corrected chi connectivity index (χ0v) is 14.2. The average Bonchev–Trinajstić information content (AvgIpc) is 2.41. The van der Waals surface area contributed by atoms with Crippen LogP contribution in [0.2, 0.25) is 0 Å². The highest BCUT2D eigenvalue weighted by Gasteiger charge is 2.19. The molecule has 0 atom stereocenters. The van der Waals surface area contributed by atoms with Gasteiger partial charge < -0.3 is 15.7 Å². The van der Waals surface area contributed by atoms with Gasteiger partial charge in [0.1, 0.15) is 0 Å². The molecule has 5 heteroatoms. The molecule has 0 unspecified atom stereocenters. The van der Waals surface area contributed by atoms with Crippen molar-refractivity contribution in [2.75, 3.05) is 5.32 Å². The number of hydrogen-bond donors (Lipinski definition) is 3. The fraction of sp³-hybridized carbons (Fsp3) is 0.562. The lowest BCUT2D eigenvalue weighted by atomic mass is 9.93. The molecular formula is C16H23BrN2O2. The first-order chi connectivity index (χ1) is 9.95. The van der Waals surface area contributed by atoms with Crippen molar-refractivity contribution in [2.45, 2.75) is 58.2 Å². The topological polar surface area (TPSA) is 61.4 Å². The SMILES string of the molecule is CC(=O)Nc1c(C)cc(Br)cc1CNC1CCC(O)CC1. The molecule has 1 amide bonds. The van der Waals surface area contributed by atoms with Crippen molar-refractivity contribution in [3.63, 3.8) is 0 Å². The second kappa shape index (κ2) is 7.38. The molecule has 0 heterocycles. The fourth-order valence-electron chi connectivity index (χ4n) is 2.84. The summed E-state index contributed by atoms with van der Waals surface area (Å²) in [4.78, 5) is 11.4. The molecule has 0 aromatic heterocycles. The van der Waals surface area contributed by atoms with E-state index in [-0.39, 0.29) is 12.0 Å². The number of rotatable bonds is 4. The highest BCUT2D eigenvalue weighted by Crippen LogP contribution is 2.27. The molecule has 116 valence electrons. The molecule has 3 N–H and O–H groups in total. The summed E-state index contributed by atoms with van der Waals surface area (Å²) in [5.41, 5.74) is 3.03. The van der Waals surface area contributed by atoms with Crippen LogP contribution in [0.3, 0.4) is 0 Å². The van der Waals surface area contributed by atoms with Crippen molar-refractivity contribution < 1.29 is 9.90 Å². The highest BCUT2D eigenvalue weighted by atomic mass is 79.9. The Hall–Kier alpha value is -0.910. The molecule has 0 saturated heterocycles. The van der Waals surface area contributed by atoms with Gasteiger partial charge in [0.05, 0.1) is 6.10 Å². The summed E-state index contributed by atoms with van der Waals surface area (Å²) in [7, 11) is 0. The standard InChI is InChI=1S/C16H23BrN2O2/c1-10-7-13(17)8-12(16(10)19-11(2)20)9-18-14-3-5-15(21)6-4-14/h7-8,14-15,18,21H,3-6,9H2,1-2H3,(H,19,20). The maximum Gasteiger partial charge on any atom is 0.221 e. The van der Waals surface area contributed by atoms with Gasteiger partial charge in [0.25, 0.3) is 0 Å². The lowest BCUT2D eigenvalue weighted by Crippen LogP contribution is -2.34. The minimum Gasteiger partial charge on any atom is -0.393 e. The number of carbonyl (C=O) groups is 1. The number of aliphatic hydroxyl groups excluding tert-OH is 1. The Bertz CT molecular complexity index is 511. The van der Waals surface area contributed by atoms with Crippen LogP contribution in [0.25, 0.3) is 0 Å². The molecule has 1 aliphatic carbocycles. The second-order valence-electron chi connectivity index (χ2n) is 5.82. The van der Waals surface area contributed by atoms with Gasteiger partial charge in [-0.25, -0.2) is 0 Å². The second-order valence-corrected chi connectivity index (χ2v) is 6.74. The normalized spacial score (nSPS) is 22.1. The van der Waals surface area contributed by atoms with Crippen molar-refractivity contribution in [3.05, 3.63) is 27.7 Å². The van der Waals surface area contributed by atoms with E-state index in [0.29, 0.717) is 6.04 Å². The largest absolute Gasteiger partial charge is 0.393 e. The summed E-state index contributed by atoms with van der Waals surface area (Å²) < 4.78 is 1.02. The maximum absolute atomic E-state index is 11.4. The number of benzene rings is 1. The van der Waals surface area contributed by atoms with Gasteiger partial charge in [-0.05, 0) is 55.9 Å². The Kier molecular flexibility index (Phi) is 5.79. The monoisotopic (exact) mass is 354 g/mol. The molecule has 1 fully saturated rings. The Morgan fingerprint density at radius 1 is 1.33 bits per heavy atom. The summed E-state index contributed by atoms with van der Waals surface area (Å²) in [6.45, 7) is 4.24. The first-order valence-electron chi connectivity index (χ1n) is 7.43. The van der Waals surface area contributed by atoms with Gasteiger partial charge in [0.2, 0.25) is 5.91 Å². The number of halogens is 1. The van der Waals surface area contributed by atoms with Crippen molar-refractivity contribution in [2.24, 2.45) is 0 Å². The van der Waals surface area contributed by atoms with Gasteiger partial charge in [-0.15, -0.1) is 0 Å². The highest BCUT2D eigenvalue weighted by molar-refractivity contribution is 9.10. The van der Waals surface area contributed by atoms with Crippen LogP contribution in [0, 0.1) is 6.92 Å². The predicted octanol–water partition coefficient (Wildman–Crippen LogP) is 3.11. The molecule has 1 saturated carbocycles. The van der Waals surface area contributed by atoms with Gasteiger partial charge in [-0.3, -0.25) is 4.79 Å². The number of aryl methyl sites for hydroxylation is 1. The third-order valence-electron chi connectivity index (χ3n) is 3.96. The zero-order valence-electron chi connectivity index (χ0n) is 12.6. The number of amides is 1. The average molecular weight is 355 g/mol. The van der Waals surface area contributed by atoms with E-state index in [1.165, 1.54) is 6.92 Å². The minimum absolute atomic E-state index is 0.0533. The minimum atomic E-state index is -0.133. The molecule has 0 radical (unpaired) electrons. The van der Waals surface area contributed by atoms with Gasteiger partial charge in [0, 0.05) is 29.7 Å². The Morgan fingerprint density at radius 3 is 2.62 bits per heavy atom. The van der Waals surface area contributed by atoms with Crippen LogP contribution < -0.4 is 10.6 Å². The molecule has 4 nitrogen and oxygen atoms in total. The van der Waals surface area contributed by atoms with E-state index < -0.39 is 0 Å². The maximum atomic E-state index is 11.4. The van der Waals surface area contributed by atoms with E-state index in [9.17, 15) is 9.90 Å². The fourth-order valence-corrected chi connectivity index (χ4v) is 3.46. The molecule has 0 aliphatic heterocycles. The third-order valence-corrected chi connectivity index (χ3v) is 4.42. The summed E-state index contributed by atoms with van der Waals surface area (Å²) in [6.07, 6.45) is 3.61. The third kappa shape index (κ3) is 4.80. The molecule has 1 aromatic carbocycles. The summed E-state index contributed by atoms with van der Waals surface area (Å²) in [5, 5.41) is 16.0. The van der Waals surface area contributed by atoms with Gasteiger partial charge >= 0.3 is 0 Å². The van der Waals surface area contributed by atoms with Crippen LogP contribution in [0.15, 0.2) is 16.6 Å². The first-order valence-corrected chi connectivity index (χ1v) is 8.23. The van der Waals surface area contributed by atoms with Crippen LogP contribution in [0.4, 0.5) is 5.69 Å². The van der Waals surface area contributed by atoms with Crippen molar-refractivity contribution in [1.29, 1.82) is 0 Å². The molecule has 2 rings (SSSR count). The van der Waals surface area contributed by atoms with E-state index in [2.05, 4.69) is 26.6 Å². The smallest absolute Gasteiger partial charge is 0.221 e. The number of carbonyl (C=O) groups excluding carboxylic acids is 1. The van der Waals surface area contributed by atoms with Gasteiger partial charge in [-0.1, -0.05) is 15.9 Å². The van der Waals surface area contributed by atoms with Crippen LogP contribution in [-0.4, -0.2) is 23.2 Å². The Balaban J connectivity index is 2.06. The lowest BCUT2D eigenvalue weighted by molar-refractivity contribution is -0.114. The molecular weight excluding hydrogens is 332 g/mol. The first kappa shape index (κ1) is 16.5. The molecule has 0 bridgehead atoms. The quantitative estimate of drug-likeness (QED) is 0.778. The van der Waals surface area contributed by atoms with Crippen molar-refractivity contribution >= 4 is 27.5 Å². The lowest BCUT2D eigenvalue weighted by Gasteiger charge is -2.27. The van der Waals surface area contributed by atoms with E-state index >= 15 is 0 Å². The van der Waals surface area contributed by atoms with Crippen LogP contribution in [-0.2, 0) is 11.3 Å². The number of nitrogens with one attached hydrogen (secondary N) is 2. The van der Waals surface area contributed by atoms with Crippen LogP contribution >= 0.6 is 15.9 Å². The molecule has 0 spiro atoms. The van der Waals surface area contributed by atoms with Crippen molar-refractivity contribution in [1.82, 2.24) is 5.32 Å². The molecule has 1 aliphatic rings. The number of hydrogen-bond acceptors (Lipinski definition) is 3. The number of anilines is 1. The van der Waals surface area contributed by atoms with Crippen LogP contribution in [0.5, 0.6) is 0 Å². The molecule has 1 aromatic rings. The summed E-state index contributed by atoms with van der Waals surface area (Å²) in [5.74, 6) is -0.0533. The van der Waals surface area contributed by atoms with Gasteiger partial charge in [-0.2, -0.15) is 0 Å². The van der Waals surface area contributed by atoms with Gasteiger partial charge in [0.15, 0.2) is 0 Å². The van der Waals surface area contributed by atoms with E-state index in [0.717, 1.165) is 53.5 Å². The van der Waals surface area contributed by atoms with Crippen molar-refractivity contribution in [3.8, 4) is 0 Å². The predicted molar refractivity (Wildman–Crippen MR) is 88.3 cm³/mol.